The van der Waals surface area contributed by atoms with E-state index < -0.39 is 6.10 Å². The molecule has 26 heavy (non-hydrogen) atoms. The summed E-state index contributed by atoms with van der Waals surface area (Å²) >= 11 is 0. The van der Waals surface area contributed by atoms with Crippen molar-refractivity contribution in [3.05, 3.63) is 54.0 Å². The predicted octanol–water partition coefficient (Wildman–Crippen LogP) is 2.12. The SMILES string of the molecule is CC(O)c1cn(C2CC(NC(=O)c3cc(-c4ccccc4)no3)C2)nn1. The summed E-state index contributed by atoms with van der Waals surface area (Å²) in [6.07, 6.45) is 2.63. The van der Waals surface area contributed by atoms with Crippen LogP contribution in [0.2, 0.25) is 0 Å². The van der Waals surface area contributed by atoms with Crippen molar-refractivity contribution < 1.29 is 14.4 Å². The normalized spacial score (nSPS) is 20.4. The van der Waals surface area contributed by atoms with Crippen LogP contribution >= 0.6 is 0 Å². The standard InChI is InChI=1S/C18H19N5O3/c1-11(24)16-10-23(22-20-16)14-7-13(8-14)19-18(25)17-9-15(21-26-17)12-5-3-2-4-6-12/h2-6,9-11,13-14,24H,7-8H2,1H3,(H,19,25). The lowest BCUT2D eigenvalue weighted by Gasteiger charge is -2.35. The summed E-state index contributed by atoms with van der Waals surface area (Å²) in [5.41, 5.74) is 2.09. The number of aromatic nitrogens is 4. The Morgan fingerprint density at radius 1 is 1.35 bits per heavy atom. The second-order valence-corrected chi connectivity index (χ2v) is 6.54. The molecule has 1 aliphatic rings. The molecule has 1 fully saturated rings. The number of nitrogens with one attached hydrogen (secondary N) is 1. The quantitative estimate of drug-likeness (QED) is 0.728. The number of benzene rings is 1. The smallest absolute Gasteiger partial charge is 0.290 e. The molecule has 2 heterocycles. The van der Waals surface area contributed by atoms with E-state index in [2.05, 4.69) is 20.8 Å². The van der Waals surface area contributed by atoms with Gasteiger partial charge in [0.05, 0.1) is 18.3 Å². The van der Waals surface area contributed by atoms with Crippen molar-refractivity contribution in [2.24, 2.45) is 0 Å². The van der Waals surface area contributed by atoms with Gasteiger partial charge in [-0.15, -0.1) is 5.10 Å². The first kappa shape index (κ1) is 16.5. The first-order valence-corrected chi connectivity index (χ1v) is 8.53. The number of aliphatic hydroxyl groups excluding tert-OH is 1. The minimum atomic E-state index is -0.635. The molecule has 1 aliphatic carbocycles. The summed E-state index contributed by atoms with van der Waals surface area (Å²) in [7, 11) is 0. The van der Waals surface area contributed by atoms with E-state index in [9.17, 15) is 9.90 Å². The van der Waals surface area contributed by atoms with Crippen molar-refractivity contribution in [1.82, 2.24) is 25.5 Å². The highest BCUT2D eigenvalue weighted by atomic mass is 16.5. The van der Waals surface area contributed by atoms with Gasteiger partial charge in [-0.1, -0.05) is 40.7 Å². The van der Waals surface area contributed by atoms with Crippen LogP contribution in [-0.4, -0.2) is 37.2 Å². The van der Waals surface area contributed by atoms with Gasteiger partial charge in [0.1, 0.15) is 11.4 Å². The van der Waals surface area contributed by atoms with Crippen LogP contribution in [0, 0.1) is 0 Å². The van der Waals surface area contributed by atoms with E-state index in [-0.39, 0.29) is 23.8 Å². The molecule has 0 bridgehead atoms. The van der Waals surface area contributed by atoms with Crippen molar-refractivity contribution in [2.75, 3.05) is 0 Å². The van der Waals surface area contributed by atoms with Crippen LogP contribution in [0.25, 0.3) is 11.3 Å². The van der Waals surface area contributed by atoms with Crippen LogP contribution in [0.3, 0.4) is 0 Å². The van der Waals surface area contributed by atoms with E-state index >= 15 is 0 Å². The number of carbonyl (C=O) groups excluding carboxylic acids is 1. The molecule has 2 aromatic heterocycles. The number of hydrogen-bond donors (Lipinski definition) is 2. The van der Waals surface area contributed by atoms with E-state index in [0.29, 0.717) is 11.4 Å². The zero-order valence-corrected chi connectivity index (χ0v) is 14.2. The Balaban J connectivity index is 1.33. The monoisotopic (exact) mass is 353 g/mol. The fourth-order valence-electron chi connectivity index (χ4n) is 2.97. The van der Waals surface area contributed by atoms with Crippen LogP contribution < -0.4 is 5.32 Å². The molecular weight excluding hydrogens is 334 g/mol. The highest BCUT2D eigenvalue weighted by Crippen LogP contribution is 2.32. The third kappa shape index (κ3) is 3.23. The van der Waals surface area contributed by atoms with E-state index in [4.69, 9.17) is 4.52 Å². The van der Waals surface area contributed by atoms with Gasteiger partial charge in [0.25, 0.3) is 5.91 Å². The van der Waals surface area contributed by atoms with Gasteiger partial charge in [-0.2, -0.15) is 0 Å². The highest BCUT2D eigenvalue weighted by molar-refractivity contribution is 5.92. The number of nitrogens with zero attached hydrogens (tertiary/aromatic N) is 4. The van der Waals surface area contributed by atoms with Crippen LogP contribution in [0.5, 0.6) is 0 Å². The molecule has 0 radical (unpaired) electrons. The molecule has 1 saturated carbocycles. The third-order valence-corrected chi connectivity index (χ3v) is 4.58. The highest BCUT2D eigenvalue weighted by Gasteiger charge is 2.33. The first-order valence-electron chi connectivity index (χ1n) is 8.53. The first-order chi connectivity index (χ1) is 12.6. The summed E-state index contributed by atoms with van der Waals surface area (Å²) in [4.78, 5) is 12.3. The van der Waals surface area contributed by atoms with E-state index in [1.165, 1.54) is 0 Å². The fourth-order valence-corrected chi connectivity index (χ4v) is 2.97. The maximum absolute atomic E-state index is 12.3. The molecule has 0 saturated heterocycles. The molecule has 8 heteroatoms. The van der Waals surface area contributed by atoms with Gasteiger partial charge < -0.3 is 14.9 Å². The van der Waals surface area contributed by atoms with Crippen molar-refractivity contribution in [2.45, 2.75) is 38.0 Å². The number of amides is 1. The summed E-state index contributed by atoms with van der Waals surface area (Å²) < 4.78 is 6.92. The zero-order chi connectivity index (χ0) is 18.1. The molecule has 3 aromatic rings. The third-order valence-electron chi connectivity index (χ3n) is 4.58. The molecule has 0 spiro atoms. The summed E-state index contributed by atoms with van der Waals surface area (Å²) in [6, 6.07) is 11.4. The molecular formula is C18H19N5O3. The molecule has 0 aliphatic heterocycles. The van der Waals surface area contributed by atoms with E-state index in [0.717, 1.165) is 18.4 Å². The van der Waals surface area contributed by atoms with Gasteiger partial charge in [0.15, 0.2) is 0 Å². The molecule has 2 N–H and O–H groups in total. The lowest BCUT2D eigenvalue weighted by molar-refractivity contribution is 0.0850. The average molecular weight is 353 g/mol. The van der Waals surface area contributed by atoms with Gasteiger partial charge in [-0.25, -0.2) is 4.68 Å². The van der Waals surface area contributed by atoms with Crippen molar-refractivity contribution in [3.8, 4) is 11.3 Å². The van der Waals surface area contributed by atoms with Crippen LogP contribution in [0.15, 0.2) is 47.1 Å². The molecule has 4 rings (SSSR count). The Bertz CT molecular complexity index is 896. The van der Waals surface area contributed by atoms with Gasteiger partial charge >= 0.3 is 0 Å². The molecule has 1 unspecified atom stereocenters. The van der Waals surface area contributed by atoms with Crippen molar-refractivity contribution in [1.29, 1.82) is 0 Å². The Hall–Kier alpha value is -3.00. The Labute approximate surface area is 149 Å². The second kappa shape index (κ2) is 6.72. The molecule has 1 amide bonds. The minimum absolute atomic E-state index is 0.0528. The van der Waals surface area contributed by atoms with Gasteiger partial charge in [0.2, 0.25) is 5.76 Å². The summed E-state index contributed by atoms with van der Waals surface area (Å²) in [5.74, 6) is -0.0733. The summed E-state index contributed by atoms with van der Waals surface area (Å²) in [6.45, 7) is 1.65. The van der Waals surface area contributed by atoms with Gasteiger partial charge in [-0.3, -0.25) is 4.79 Å². The van der Waals surface area contributed by atoms with E-state index in [1.807, 2.05) is 30.3 Å². The number of hydrogen-bond acceptors (Lipinski definition) is 6. The number of aliphatic hydroxyl groups is 1. The molecule has 1 atom stereocenters. The molecule has 1 aromatic carbocycles. The molecule has 8 nitrogen and oxygen atoms in total. The van der Waals surface area contributed by atoms with Crippen molar-refractivity contribution >= 4 is 5.91 Å². The van der Waals surface area contributed by atoms with Gasteiger partial charge in [-0.05, 0) is 19.8 Å². The van der Waals surface area contributed by atoms with Crippen LogP contribution in [0.1, 0.15) is 48.2 Å². The Kier molecular flexibility index (Phi) is 4.26. The minimum Gasteiger partial charge on any atom is -0.387 e. The lowest BCUT2D eigenvalue weighted by atomic mass is 9.87. The number of carbonyl (C=O) groups is 1. The maximum Gasteiger partial charge on any atom is 0.290 e. The second-order valence-electron chi connectivity index (χ2n) is 6.54. The van der Waals surface area contributed by atoms with Gasteiger partial charge in [0, 0.05) is 17.7 Å². The largest absolute Gasteiger partial charge is 0.387 e. The Morgan fingerprint density at radius 3 is 2.81 bits per heavy atom. The topological polar surface area (TPSA) is 106 Å². The average Bonchev–Trinajstić information content (AvgIpc) is 3.28. The van der Waals surface area contributed by atoms with Crippen LogP contribution in [-0.2, 0) is 0 Å². The van der Waals surface area contributed by atoms with Crippen molar-refractivity contribution in [3.63, 3.8) is 0 Å². The lowest BCUT2D eigenvalue weighted by Crippen LogP contribution is -2.45. The Morgan fingerprint density at radius 2 is 2.12 bits per heavy atom. The maximum atomic E-state index is 12.3. The van der Waals surface area contributed by atoms with Crippen LogP contribution in [0.4, 0.5) is 0 Å². The summed E-state index contributed by atoms with van der Waals surface area (Å²) in [5, 5.41) is 24.4. The zero-order valence-electron chi connectivity index (χ0n) is 14.2. The predicted molar refractivity (Wildman–Crippen MR) is 92.1 cm³/mol. The van der Waals surface area contributed by atoms with E-state index in [1.54, 1.807) is 23.9 Å². The fraction of sp³-hybridized carbons (Fsp3) is 0.333. The molecule has 134 valence electrons. The number of rotatable bonds is 5.